The number of aromatic nitrogens is 4. The summed E-state index contributed by atoms with van der Waals surface area (Å²) in [5.74, 6) is 0.536. The van der Waals surface area contributed by atoms with Crippen LogP contribution in [0.25, 0.3) is 16.9 Å². The summed E-state index contributed by atoms with van der Waals surface area (Å²) in [7, 11) is 0. The van der Waals surface area contributed by atoms with Crippen LogP contribution in [0.2, 0.25) is 0 Å². The van der Waals surface area contributed by atoms with E-state index >= 15 is 0 Å². The highest BCUT2D eigenvalue weighted by Crippen LogP contribution is 2.13. The van der Waals surface area contributed by atoms with Gasteiger partial charge < -0.3 is 4.98 Å². The zero-order valence-corrected chi connectivity index (χ0v) is 7.14. The Balaban J connectivity index is 2.64. The van der Waals surface area contributed by atoms with Crippen LogP contribution < -0.4 is 5.69 Å². The normalized spacial score (nSPS) is 11.1. The topological polar surface area (TPSA) is 63.6 Å². The number of rotatable bonds is 0. The molecular weight excluding hydrogens is 180 g/mol. The van der Waals surface area contributed by atoms with E-state index in [2.05, 4.69) is 15.2 Å². The van der Waals surface area contributed by atoms with Gasteiger partial charge in [-0.1, -0.05) is 17.2 Å². The molecule has 0 atom stereocenters. The van der Waals surface area contributed by atoms with Crippen LogP contribution in [-0.2, 0) is 0 Å². The lowest BCUT2D eigenvalue weighted by molar-refractivity contribution is 1.02. The van der Waals surface area contributed by atoms with Crippen molar-refractivity contribution in [3.8, 4) is 5.82 Å². The standard InChI is InChI=1S/C9H6N4O/c14-9-12-11-8-5-10-6-3-1-2-4-7(6)13(8)9/h1-5,10H. The van der Waals surface area contributed by atoms with Crippen molar-refractivity contribution >= 4 is 11.0 Å². The van der Waals surface area contributed by atoms with E-state index in [0.717, 1.165) is 11.0 Å². The lowest BCUT2D eigenvalue weighted by Crippen LogP contribution is -2.14. The quantitative estimate of drug-likeness (QED) is 0.557. The highest BCUT2D eigenvalue weighted by Gasteiger charge is 2.10. The molecule has 0 aromatic heterocycles. The molecule has 0 amide bonds. The Labute approximate surface area is 78.4 Å². The van der Waals surface area contributed by atoms with Gasteiger partial charge in [0.15, 0.2) is 5.82 Å². The van der Waals surface area contributed by atoms with E-state index in [1.54, 1.807) is 6.20 Å². The van der Waals surface area contributed by atoms with Gasteiger partial charge in [-0.25, -0.2) is 9.36 Å². The maximum atomic E-state index is 11.4. The number of nitrogens with one attached hydrogen (secondary N) is 1. The van der Waals surface area contributed by atoms with E-state index in [0.29, 0.717) is 5.82 Å². The summed E-state index contributed by atoms with van der Waals surface area (Å²) in [5, 5.41) is 7.22. The number of aromatic amines is 1. The average Bonchev–Trinajstić information content (AvgIpc) is 2.61. The van der Waals surface area contributed by atoms with E-state index in [-0.39, 0.29) is 5.69 Å². The Morgan fingerprint density at radius 2 is 2.07 bits per heavy atom. The highest BCUT2D eigenvalue weighted by molar-refractivity contribution is 5.76. The van der Waals surface area contributed by atoms with Crippen LogP contribution in [0.3, 0.4) is 0 Å². The fourth-order valence-electron chi connectivity index (χ4n) is 1.53. The zero-order valence-electron chi connectivity index (χ0n) is 7.14. The van der Waals surface area contributed by atoms with E-state index in [1.165, 1.54) is 4.57 Å². The van der Waals surface area contributed by atoms with Crippen molar-refractivity contribution in [2.24, 2.45) is 0 Å². The molecule has 0 bridgehead atoms. The van der Waals surface area contributed by atoms with Crippen molar-refractivity contribution < 1.29 is 0 Å². The molecule has 0 saturated heterocycles. The van der Waals surface area contributed by atoms with Gasteiger partial charge in [0.1, 0.15) is 0 Å². The van der Waals surface area contributed by atoms with Gasteiger partial charge in [-0.3, -0.25) is 0 Å². The first-order valence-corrected chi connectivity index (χ1v) is 4.18. The van der Waals surface area contributed by atoms with E-state index < -0.39 is 0 Å². The maximum absolute atomic E-state index is 11.4. The van der Waals surface area contributed by atoms with Crippen molar-refractivity contribution in [2.75, 3.05) is 0 Å². The predicted octanol–water partition coefficient (Wildman–Crippen LogP) is 0.547. The minimum atomic E-state index is -0.342. The molecule has 0 radical (unpaired) electrons. The first-order chi connectivity index (χ1) is 6.86. The molecule has 2 aliphatic rings. The molecule has 2 aliphatic heterocycles. The van der Waals surface area contributed by atoms with Crippen LogP contribution in [0.1, 0.15) is 0 Å². The average molecular weight is 186 g/mol. The van der Waals surface area contributed by atoms with Crippen LogP contribution in [-0.4, -0.2) is 19.7 Å². The number of hydrogen-bond acceptors (Lipinski definition) is 3. The molecular formula is C9H6N4O. The molecule has 3 rings (SSSR count). The molecule has 2 heterocycles. The second-order valence-corrected chi connectivity index (χ2v) is 2.98. The van der Waals surface area contributed by atoms with E-state index in [1.807, 2.05) is 24.3 Å². The van der Waals surface area contributed by atoms with Gasteiger partial charge in [-0.15, -0.1) is 5.10 Å². The second kappa shape index (κ2) is 2.41. The van der Waals surface area contributed by atoms with Crippen LogP contribution in [0.4, 0.5) is 0 Å². The summed E-state index contributed by atoms with van der Waals surface area (Å²) < 4.78 is 1.48. The van der Waals surface area contributed by atoms with Crippen LogP contribution in [0.15, 0.2) is 35.3 Å². The Kier molecular flexibility index (Phi) is 1.25. The van der Waals surface area contributed by atoms with Crippen LogP contribution in [0.5, 0.6) is 0 Å². The Morgan fingerprint density at radius 1 is 1.21 bits per heavy atom. The SMILES string of the molecule is O=c1nnc2c[nH]c3ccccc3n1-2. The third kappa shape index (κ3) is 0.806. The van der Waals surface area contributed by atoms with Gasteiger partial charge in [0, 0.05) is 6.20 Å². The molecule has 0 aliphatic carbocycles. The summed E-state index contributed by atoms with van der Waals surface area (Å²) in [5.41, 5.74) is 1.34. The molecule has 1 aromatic rings. The van der Waals surface area contributed by atoms with E-state index in [4.69, 9.17) is 0 Å². The lowest BCUT2D eigenvalue weighted by Gasteiger charge is -2.04. The number of H-pyrrole nitrogens is 1. The molecule has 0 spiro atoms. The van der Waals surface area contributed by atoms with Gasteiger partial charge in [0.05, 0.1) is 11.0 Å². The largest absolute Gasteiger partial charge is 0.372 e. The Bertz CT molecular complexity index is 624. The molecule has 5 nitrogen and oxygen atoms in total. The van der Waals surface area contributed by atoms with Gasteiger partial charge >= 0.3 is 5.69 Å². The summed E-state index contributed by atoms with van der Waals surface area (Å²) in [6.45, 7) is 0. The third-order valence-electron chi connectivity index (χ3n) is 2.16. The Morgan fingerprint density at radius 3 is 3.00 bits per heavy atom. The fraction of sp³-hybridized carbons (Fsp3) is 0. The molecule has 14 heavy (non-hydrogen) atoms. The van der Waals surface area contributed by atoms with Crippen molar-refractivity contribution in [1.29, 1.82) is 0 Å². The smallest absolute Gasteiger partial charge is 0.357 e. The van der Waals surface area contributed by atoms with E-state index in [9.17, 15) is 4.79 Å². The number of nitrogens with zero attached hydrogens (tertiary/aromatic N) is 3. The minimum absolute atomic E-state index is 0.342. The first-order valence-electron chi connectivity index (χ1n) is 4.18. The lowest BCUT2D eigenvalue weighted by atomic mass is 10.3. The zero-order chi connectivity index (χ0) is 9.54. The van der Waals surface area contributed by atoms with Crippen molar-refractivity contribution in [3.05, 3.63) is 40.9 Å². The molecule has 0 unspecified atom stereocenters. The van der Waals surface area contributed by atoms with Crippen molar-refractivity contribution in [2.45, 2.75) is 0 Å². The summed E-state index contributed by atoms with van der Waals surface area (Å²) in [6.07, 6.45) is 1.66. The summed E-state index contributed by atoms with van der Waals surface area (Å²) in [4.78, 5) is 14.4. The first kappa shape index (κ1) is 7.25. The maximum Gasteiger partial charge on any atom is 0.372 e. The Hall–Kier alpha value is -2.17. The molecule has 5 heteroatoms. The summed E-state index contributed by atoms with van der Waals surface area (Å²) in [6, 6.07) is 7.52. The highest BCUT2D eigenvalue weighted by atomic mass is 16.1. The number of para-hydroxylation sites is 2. The fourth-order valence-corrected chi connectivity index (χ4v) is 1.53. The summed E-state index contributed by atoms with van der Waals surface area (Å²) >= 11 is 0. The van der Waals surface area contributed by atoms with Crippen molar-refractivity contribution in [1.82, 2.24) is 19.7 Å². The molecule has 0 saturated carbocycles. The van der Waals surface area contributed by atoms with Crippen LogP contribution in [0, 0.1) is 0 Å². The van der Waals surface area contributed by atoms with Crippen molar-refractivity contribution in [3.63, 3.8) is 0 Å². The van der Waals surface area contributed by atoms with Gasteiger partial charge in [0.25, 0.3) is 0 Å². The van der Waals surface area contributed by atoms with Crippen LogP contribution >= 0.6 is 0 Å². The third-order valence-corrected chi connectivity index (χ3v) is 2.16. The molecule has 1 aromatic carbocycles. The minimum Gasteiger partial charge on any atom is -0.357 e. The molecule has 0 fully saturated rings. The molecule has 68 valence electrons. The number of benzene rings is 1. The number of fused-ring (bicyclic) bond motifs is 3. The number of hydrogen-bond donors (Lipinski definition) is 1. The second-order valence-electron chi connectivity index (χ2n) is 2.98. The monoisotopic (exact) mass is 186 g/mol. The van der Waals surface area contributed by atoms with Gasteiger partial charge in [-0.05, 0) is 12.1 Å². The molecule has 1 N–H and O–H groups in total. The van der Waals surface area contributed by atoms with Gasteiger partial charge in [-0.2, -0.15) is 0 Å². The van der Waals surface area contributed by atoms with Gasteiger partial charge in [0.2, 0.25) is 0 Å². The predicted molar refractivity (Wildman–Crippen MR) is 50.7 cm³/mol.